The van der Waals surface area contributed by atoms with Gasteiger partial charge in [-0.25, -0.2) is 0 Å². The highest BCUT2D eigenvalue weighted by molar-refractivity contribution is 7.87. The van der Waals surface area contributed by atoms with E-state index in [2.05, 4.69) is 0 Å². The van der Waals surface area contributed by atoms with Crippen LogP contribution in [0.1, 0.15) is 31.8 Å². The van der Waals surface area contributed by atoms with Gasteiger partial charge in [-0.05, 0) is 18.2 Å². The second-order valence-corrected chi connectivity index (χ2v) is 7.28. The predicted octanol–water partition coefficient (Wildman–Crippen LogP) is 3.23. The predicted molar refractivity (Wildman–Crippen MR) is 94.0 cm³/mol. The van der Waals surface area contributed by atoms with Crippen molar-refractivity contribution in [2.45, 2.75) is 4.90 Å². The minimum Gasteiger partial charge on any atom is -0.378 e. The van der Waals surface area contributed by atoms with Crippen molar-refractivity contribution in [2.24, 2.45) is 0 Å². The van der Waals surface area contributed by atoms with Gasteiger partial charge >= 0.3 is 10.1 Å². The largest absolute Gasteiger partial charge is 0.378 e. The molecule has 128 valence electrons. The lowest BCUT2D eigenvalue weighted by Gasteiger charge is -2.19. The Hall–Kier alpha value is -3.25. The lowest BCUT2D eigenvalue weighted by atomic mass is 9.84. The molecule has 0 unspecified atom stereocenters. The second kappa shape index (κ2) is 5.93. The summed E-state index contributed by atoms with van der Waals surface area (Å²) in [5, 5.41) is 0. The normalized spacial score (nSPS) is 13.1. The van der Waals surface area contributed by atoms with E-state index in [0.717, 1.165) is 0 Å². The van der Waals surface area contributed by atoms with Crippen LogP contribution < -0.4 is 4.18 Å². The Morgan fingerprint density at radius 1 is 0.615 bits per heavy atom. The molecule has 0 saturated heterocycles. The summed E-state index contributed by atoms with van der Waals surface area (Å²) in [6.45, 7) is 0. The van der Waals surface area contributed by atoms with Crippen LogP contribution in [0.15, 0.2) is 77.7 Å². The standard InChI is InChI=1S/C20H12O5S/c21-19-14-9-4-5-10-15(14)20(22)18-16(19)11-6-12-17(18)25-26(23,24)13-7-2-1-3-8-13/h1-12H. The second-order valence-electron chi connectivity index (χ2n) is 5.73. The van der Waals surface area contributed by atoms with Gasteiger partial charge in [0.25, 0.3) is 0 Å². The molecule has 0 aliphatic heterocycles. The van der Waals surface area contributed by atoms with Crippen molar-refractivity contribution in [2.75, 3.05) is 0 Å². The molecule has 4 rings (SSSR count). The maximum Gasteiger partial charge on any atom is 0.339 e. The van der Waals surface area contributed by atoms with Gasteiger partial charge < -0.3 is 4.18 Å². The van der Waals surface area contributed by atoms with Crippen molar-refractivity contribution in [3.63, 3.8) is 0 Å². The molecule has 0 fully saturated rings. The molecule has 0 saturated carbocycles. The molecular formula is C20H12O5S. The van der Waals surface area contributed by atoms with E-state index in [4.69, 9.17) is 4.18 Å². The topological polar surface area (TPSA) is 77.5 Å². The molecule has 0 amide bonds. The number of benzene rings is 3. The highest BCUT2D eigenvalue weighted by Crippen LogP contribution is 2.34. The summed E-state index contributed by atoms with van der Waals surface area (Å²) in [5.41, 5.74) is 0.636. The van der Waals surface area contributed by atoms with Gasteiger partial charge in [-0.3, -0.25) is 9.59 Å². The Morgan fingerprint density at radius 2 is 1.19 bits per heavy atom. The van der Waals surface area contributed by atoms with E-state index in [1.165, 1.54) is 30.3 Å². The summed E-state index contributed by atoms with van der Waals surface area (Å²) in [6, 6.07) is 18.4. The first-order valence-electron chi connectivity index (χ1n) is 7.80. The number of fused-ring (bicyclic) bond motifs is 2. The van der Waals surface area contributed by atoms with Gasteiger partial charge in [-0.15, -0.1) is 0 Å². The molecule has 3 aromatic rings. The minimum absolute atomic E-state index is 0.0318. The quantitative estimate of drug-likeness (QED) is 0.522. The number of hydrogen-bond donors (Lipinski definition) is 0. The van der Waals surface area contributed by atoms with Gasteiger partial charge in [0, 0.05) is 16.7 Å². The zero-order chi connectivity index (χ0) is 18.3. The third-order valence-corrected chi connectivity index (χ3v) is 5.39. The van der Waals surface area contributed by atoms with Crippen LogP contribution in [-0.4, -0.2) is 20.0 Å². The monoisotopic (exact) mass is 364 g/mol. The number of rotatable bonds is 3. The van der Waals surface area contributed by atoms with Crippen LogP contribution >= 0.6 is 0 Å². The van der Waals surface area contributed by atoms with Gasteiger partial charge in [0.15, 0.2) is 17.3 Å². The van der Waals surface area contributed by atoms with Crippen molar-refractivity contribution in [3.8, 4) is 5.75 Å². The molecular weight excluding hydrogens is 352 g/mol. The van der Waals surface area contributed by atoms with Crippen LogP contribution in [-0.2, 0) is 10.1 Å². The molecule has 0 atom stereocenters. The lowest BCUT2D eigenvalue weighted by Crippen LogP contribution is -2.22. The zero-order valence-electron chi connectivity index (χ0n) is 13.4. The fourth-order valence-electron chi connectivity index (χ4n) is 2.94. The Balaban J connectivity index is 1.84. The third kappa shape index (κ3) is 2.51. The van der Waals surface area contributed by atoms with Crippen molar-refractivity contribution in [3.05, 3.63) is 95.1 Å². The molecule has 5 nitrogen and oxygen atoms in total. The fraction of sp³-hybridized carbons (Fsp3) is 0. The molecule has 0 radical (unpaired) electrons. The number of carbonyl (C=O) groups excluding carboxylic acids is 2. The molecule has 0 heterocycles. The maximum atomic E-state index is 12.9. The molecule has 0 N–H and O–H groups in total. The average molecular weight is 364 g/mol. The first kappa shape index (κ1) is 16.2. The lowest BCUT2D eigenvalue weighted by molar-refractivity contribution is 0.0977. The highest BCUT2D eigenvalue weighted by atomic mass is 32.2. The number of ketones is 2. The zero-order valence-corrected chi connectivity index (χ0v) is 14.2. The number of carbonyl (C=O) groups is 2. The summed E-state index contributed by atoms with van der Waals surface area (Å²) in [6.07, 6.45) is 0. The summed E-state index contributed by atoms with van der Waals surface area (Å²) < 4.78 is 30.2. The highest BCUT2D eigenvalue weighted by Gasteiger charge is 2.33. The Bertz CT molecular complexity index is 1150. The molecule has 0 bridgehead atoms. The molecule has 1 aliphatic rings. The van der Waals surface area contributed by atoms with Gasteiger partial charge in [-0.1, -0.05) is 54.6 Å². The van der Waals surface area contributed by atoms with Crippen LogP contribution in [0.5, 0.6) is 5.75 Å². The summed E-state index contributed by atoms with van der Waals surface area (Å²) in [7, 11) is -4.13. The molecule has 0 spiro atoms. The Kier molecular flexibility index (Phi) is 3.70. The van der Waals surface area contributed by atoms with Crippen LogP contribution in [0.3, 0.4) is 0 Å². The van der Waals surface area contributed by atoms with Crippen LogP contribution in [0, 0.1) is 0 Å². The van der Waals surface area contributed by atoms with Gasteiger partial charge in [0.05, 0.1) is 5.56 Å². The molecule has 0 aromatic heterocycles. The van der Waals surface area contributed by atoms with Crippen LogP contribution in [0.4, 0.5) is 0 Å². The van der Waals surface area contributed by atoms with E-state index < -0.39 is 15.9 Å². The summed E-state index contributed by atoms with van der Waals surface area (Å²) >= 11 is 0. The van der Waals surface area contributed by atoms with E-state index in [1.54, 1.807) is 42.5 Å². The first-order valence-corrected chi connectivity index (χ1v) is 9.21. The van der Waals surface area contributed by atoms with Crippen molar-refractivity contribution < 1.29 is 22.2 Å². The van der Waals surface area contributed by atoms with Crippen molar-refractivity contribution in [1.82, 2.24) is 0 Å². The molecule has 26 heavy (non-hydrogen) atoms. The van der Waals surface area contributed by atoms with Crippen molar-refractivity contribution >= 4 is 21.7 Å². The molecule has 6 heteroatoms. The van der Waals surface area contributed by atoms with Crippen molar-refractivity contribution in [1.29, 1.82) is 0 Å². The minimum atomic E-state index is -4.13. The van der Waals surface area contributed by atoms with E-state index in [9.17, 15) is 18.0 Å². The molecule has 1 aliphatic carbocycles. The SMILES string of the molecule is O=C1c2ccccc2C(=O)c2c(OS(=O)(=O)c3ccccc3)cccc21. The Morgan fingerprint density at radius 3 is 1.88 bits per heavy atom. The Labute approximate surface area is 150 Å². The number of hydrogen-bond acceptors (Lipinski definition) is 5. The van der Waals surface area contributed by atoms with Crippen LogP contribution in [0.2, 0.25) is 0 Å². The average Bonchev–Trinajstić information content (AvgIpc) is 2.66. The van der Waals surface area contributed by atoms with E-state index in [-0.39, 0.29) is 33.1 Å². The third-order valence-electron chi connectivity index (χ3n) is 4.15. The van der Waals surface area contributed by atoms with E-state index >= 15 is 0 Å². The molecule has 3 aromatic carbocycles. The van der Waals surface area contributed by atoms with Gasteiger partial charge in [0.1, 0.15) is 4.90 Å². The summed E-state index contributed by atoms with van der Waals surface area (Å²) in [5.74, 6) is -0.925. The summed E-state index contributed by atoms with van der Waals surface area (Å²) in [4.78, 5) is 25.5. The fourth-order valence-corrected chi connectivity index (χ4v) is 3.90. The maximum absolute atomic E-state index is 12.9. The first-order chi connectivity index (χ1) is 12.5. The smallest absolute Gasteiger partial charge is 0.339 e. The van der Waals surface area contributed by atoms with Gasteiger partial charge in [-0.2, -0.15) is 8.42 Å². The van der Waals surface area contributed by atoms with E-state index in [0.29, 0.717) is 5.56 Å². The van der Waals surface area contributed by atoms with E-state index in [1.807, 2.05) is 0 Å². The van der Waals surface area contributed by atoms with Crippen LogP contribution in [0.25, 0.3) is 0 Å². The van der Waals surface area contributed by atoms with Gasteiger partial charge in [0.2, 0.25) is 0 Å².